The van der Waals surface area contributed by atoms with E-state index in [1.54, 1.807) is 11.3 Å². The summed E-state index contributed by atoms with van der Waals surface area (Å²) in [5, 5.41) is 14.5. The van der Waals surface area contributed by atoms with Crippen molar-refractivity contribution in [1.82, 2.24) is 0 Å². The predicted molar refractivity (Wildman–Crippen MR) is 80.9 cm³/mol. The molecule has 19 heavy (non-hydrogen) atoms. The number of hydrogen-bond donors (Lipinski definition) is 1. The third-order valence-corrected chi connectivity index (χ3v) is 4.57. The number of hydrogen-bond acceptors (Lipinski definition) is 3. The Labute approximate surface area is 122 Å². The van der Waals surface area contributed by atoms with Gasteiger partial charge >= 0.3 is 0 Å². The van der Waals surface area contributed by atoms with Crippen LogP contribution in [0.1, 0.15) is 24.0 Å². The Hall–Kier alpha value is -1.03. The second kappa shape index (κ2) is 5.53. The molecule has 1 fully saturated rings. The van der Waals surface area contributed by atoms with Crippen molar-refractivity contribution < 1.29 is 5.11 Å². The summed E-state index contributed by atoms with van der Waals surface area (Å²) in [4.78, 5) is 2.37. The van der Waals surface area contributed by atoms with Crippen LogP contribution in [0.3, 0.4) is 0 Å². The zero-order valence-electron chi connectivity index (χ0n) is 10.6. The van der Waals surface area contributed by atoms with Crippen LogP contribution in [0.4, 0.5) is 5.69 Å². The first kappa shape index (κ1) is 13.0. The summed E-state index contributed by atoms with van der Waals surface area (Å²) in [5.41, 5.74) is 3.23. The molecule has 1 aliphatic carbocycles. The van der Waals surface area contributed by atoms with Crippen molar-refractivity contribution in [3.05, 3.63) is 51.2 Å². The smallest absolute Gasteiger partial charge is 0.0716 e. The maximum Gasteiger partial charge on any atom is 0.0716 e. The summed E-state index contributed by atoms with van der Waals surface area (Å²) in [6.07, 6.45) is 2.45. The highest BCUT2D eigenvalue weighted by atomic mass is 35.5. The SMILES string of the molecule is OCc1c(Cl)cccc1N(Cc1ccsc1)C1CC1. The number of thiophene rings is 1. The molecule has 1 heterocycles. The van der Waals surface area contributed by atoms with Crippen molar-refractivity contribution in [3.8, 4) is 0 Å². The highest BCUT2D eigenvalue weighted by molar-refractivity contribution is 7.07. The van der Waals surface area contributed by atoms with Gasteiger partial charge < -0.3 is 10.0 Å². The van der Waals surface area contributed by atoms with Gasteiger partial charge in [-0.1, -0.05) is 17.7 Å². The molecule has 4 heteroatoms. The molecular formula is C15H16ClNOS. The summed E-state index contributed by atoms with van der Waals surface area (Å²) < 4.78 is 0. The van der Waals surface area contributed by atoms with Gasteiger partial charge in [0.2, 0.25) is 0 Å². The molecule has 2 aromatic rings. The number of anilines is 1. The van der Waals surface area contributed by atoms with Crippen LogP contribution in [-0.4, -0.2) is 11.1 Å². The molecule has 2 nitrogen and oxygen atoms in total. The van der Waals surface area contributed by atoms with Gasteiger partial charge in [-0.15, -0.1) is 0 Å². The Balaban J connectivity index is 1.94. The molecule has 0 atom stereocenters. The first-order valence-corrected chi connectivity index (χ1v) is 7.77. The monoisotopic (exact) mass is 293 g/mol. The van der Waals surface area contributed by atoms with E-state index in [0.29, 0.717) is 11.1 Å². The fourth-order valence-corrected chi connectivity index (χ4v) is 3.24. The molecule has 0 saturated heterocycles. The second-order valence-corrected chi connectivity index (χ2v) is 6.07. The normalized spacial score (nSPS) is 14.6. The molecule has 0 radical (unpaired) electrons. The largest absolute Gasteiger partial charge is 0.392 e. The predicted octanol–water partition coefficient (Wildman–Crippen LogP) is 4.06. The zero-order chi connectivity index (χ0) is 13.2. The van der Waals surface area contributed by atoms with Crippen molar-refractivity contribution in [2.45, 2.75) is 32.0 Å². The average Bonchev–Trinajstić information content (AvgIpc) is 3.13. The quantitative estimate of drug-likeness (QED) is 0.898. The van der Waals surface area contributed by atoms with Crippen molar-refractivity contribution in [2.24, 2.45) is 0 Å². The highest BCUT2D eigenvalue weighted by Crippen LogP contribution is 2.37. The topological polar surface area (TPSA) is 23.5 Å². The molecule has 1 aromatic heterocycles. The maximum atomic E-state index is 9.57. The van der Waals surface area contributed by atoms with Gasteiger partial charge in [-0.2, -0.15) is 11.3 Å². The Morgan fingerprint density at radius 1 is 1.32 bits per heavy atom. The lowest BCUT2D eigenvalue weighted by atomic mass is 10.1. The van der Waals surface area contributed by atoms with Crippen LogP contribution in [0.5, 0.6) is 0 Å². The van der Waals surface area contributed by atoms with Gasteiger partial charge in [-0.3, -0.25) is 0 Å². The standard InChI is InChI=1S/C15H16ClNOS/c16-14-2-1-3-15(13(14)9-18)17(12-4-5-12)8-11-6-7-19-10-11/h1-3,6-7,10,12,18H,4-5,8-9H2. The van der Waals surface area contributed by atoms with Gasteiger partial charge in [0.05, 0.1) is 6.61 Å². The van der Waals surface area contributed by atoms with Crippen molar-refractivity contribution in [2.75, 3.05) is 4.90 Å². The lowest BCUT2D eigenvalue weighted by Crippen LogP contribution is -2.26. The van der Waals surface area contributed by atoms with E-state index in [4.69, 9.17) is 11.6 Å². The Morgan fingerprint density at radius 3 is 2.79 bits per heavy atom. The second-order valence-electron chi connectivity index (χ2n) is 4.89. The maximum absolute atomic E-state index is 9.57. The van der Waals surface area contributed by atoms with Gasteiger partial charge in [0.25, 0.3) is 0 Å². The van der Waals surface area contributed by atoms with E-state index in [-0.39, 0.29) is 6.61 Å². The van der Waals surface area contributed by atoms with E-state index in [1.165, 1.54) is 18.4 Å². The number of rotatable bonds is 5. The van der Waals surface area contributed by atoms with Crippen LogP contribution >= 0.6 is 22.9 Å². The molecule has 0 aliphatic heterocycles. The Morgan fingerprint density at radius 2 is 2.16 bits per heavy atom. The fourth-order valence-electron chi connectivity index (χ4n) is 2.35. The molecule has 0 bridgehead atoms. The van der Waals surface area contributed by atoms with E-state index >= 15 is 0 Å². The molecule has 1 saturated carbocycles. The number of nitrogens with zero attached hydrogens (tertiary/aromatic N) is 1. The van der Waals surface area contributed by atoms with Crippen molar-refractivity contribution in [1.29, 1.82) is 0 Å². The van der Waals surface area contributed by atoms with E-state index in [1.807, 2.05) is 12.1 Å². The number of aliphatic hydroxyl groups excluding tert-OH is 1. The van der Waals surface area contributed by atoms with E-state index in [9.17, 15) is 5.11 Å². The summed E-state index contributed by atoms with van der Waals surface area (Å²) in [6.45, 7) is 0.878. The highest BCUT2D eigenvalue weighted by Gasteiger charge is 2.30. The third-order valence-electron chi connectivity index (χ3n) is 3.48. The minimum atomic E-state index is -0.0120. The van der Waals surface area contributed by atoms with Gasteiger partial charge in [-0.05, 0) is 47.4 Å². The first-order valence-electron chi connectivity index (χ1n) is 6.45. The summed E-state index contributed by atoms with van der Waals surface area (Å²) in [7, 11) is 0. The van der Waals surface area contributed by atoms with Gasteiger partial charge in [0.15, 0.2) is 0 Å². The minimum Gasteiger partial charge on any atom is -0.392 e. The van der Waals surface area contributed by atoms with Crippen LogP contribution in [0.2, 0.25) is 5.02 Å². The van der Waals surface area contributed by atoms with Crippen LogP contribution in [0.25, 0.3) is 0 Å². The fraction of sp³-hybridized carbons (Fsp3) is 0.333. The molecule has 0 unspecified atom stereocenters. The van der Waals surface area contributed by atoms with Crippen LogP contribution in [0, 0.1) is 0 Å². The van der Waals surface area contributed by atoms with E-state index in [2.05, 4.69) is 27.8 Å². The van der Waals surface area contributed by atoms with Crippen LogP contribution in [0.15, 0.2) is 35.0 Å². The molecule has 1 aliphatic rings. The number of aliphatic hydroxyl groups is 1. The van der Waals surface area contributed by atoms with Crippen molar-refractivity contribution >= 4 is 28.6 Å². The molecular weight excluding hydrogens is 278 g/mol. The van der Waals surface area contributed by atoms with Crippen LogP contribution in [-0.2, 0) is 13.2 Å². The van der Waals surface area contributed by atoms with Gasteiger partial charge in [0.1, 0.15) is 0 Å². The molecule has 1 aromatic carbocycles. The molecule has 3 rings (SSSR count). The lowest BCUT2D eigenvalue weighted by molar-refractivity contribution is 0.282. The van der Waals surface area contributed by atoms with E-state index < -0.39 is 0 Å². The molecule has 100 valence electrons. The molecule has 0 amide bonds. The summed E-state index contributed by atoms with van der Waals surface area (Å²) in [5.74, 6) is 0. The number of benzene rings is 1. The summed E-state index contributed by atoms with van der Waals surface area (Å²) >= 11 is 7.92. The molecule has 1 N–H and O–H groups in total. The zero-order valence-corrected chi connectivity index (χ0v) is 12.1. The Kier molecular flexibility index (Phi) is 3.78. The molecule has 0 spiro atoms. The summed E-state index contributed by atoms with van der Waals surface area (Å²) in [6, 6.07) is 8.60. The Bertz CT molecular complexity index is 551. The number of halogens is 1. The van der Waals surface area contributed by atoms with Gasteiger partial charge in [-0.25, -0.2) is 0 Å². The first-order chi connectivity index (χ1) is 9.29. The van der Waals surface area contributed by atoms with Crippen LogP contribution < -0.4 is 4.90 Å². The van der Waals surface area contributed by atoms with E-state index in [0.717, 1.165) is 17.8 Å². The van der Waals surface area contributed by atoms with Crippen molar-refractivity contribution in [3.63, 3.8) is 0 Å². The lowest BCUT2D eigenvalue weighted by Gasteiger charge is -2.27. The average molecular weight is 294 g/mol. The van der Waals surface area contributed by atoms with Gasteiger partial charge in [0, 0.05) is 28.9 Å². The minimum absolute atomic E-state index is 0.0120. The third kappa shape index (κ3) is 2.78.